The molecule has 0 spiro atoms. The monoisotopic (exact) mass is 315 g/mol. The first-order chi connectivity index (χ1) is 8.91. The third-order valence-electron chi connectivity index (χ3n) is 2.37. The third kappa shape index (κ3) is 3.08. The van der Waals surface area contributed by atoms with E-state index in [2.05, 4.69) is 4.98 Å². The summed E-state index contributed by atoms with van der Waals surface area (Å²) in [6.07, 6.45) is 1.72. The van der Waals surface area contributed by atoms with Crippen LogP contribution in [0.15, 0.2) is 43.9 Å². The van der Waals surface area contributed by atoms with Crippen molar-refractivity contribution in [2.75, 3.05) is 19.8 Å². The van der Waals surface area contributed by atoms with E-state index in [0.717, 1.165) is 13.5 Å². The van der Waals surface area contributed by atoms with Gasteiger partial charge in [0, 0.05) is 36.3 Å². The number of nitrogens with two attached hydrogens (primary N) is 1. The maximum atomic E-state index is 12.0. The maximum absolute atomic E-state index is 12.0. The van der Waals surface area contributed by atoms with Gasteiger partial charge in [-0.1, -0.05) is 11.8 Å². The summed E-state index contributed by atoms with van der Waals surface area (Å²) in [5, 5.41) is 1.88. The van der Waals surface area contributed by atoms with Crippen LogP contribution in [0.4, 0.5) is 5.69 Å². The maximum Gasteiger partial charge on any atom is 0.242 e. The zero-order chi connectivity index (χ0) is 14.0. The molecule has 0 amide bonds. The molecule has 2 N–H and O–H groups in total. The minimum Gasteiger partial charge on any atom is -0.398 e. The molecule has 102 valence electrons. The van der Waals surface area contributed by atoms with Crippen LogP contribution < -0.4 is 5.73 Å². The van der Waals surface area contributed by atoms with Crippen molar-refractivity contribution in [1.29, 1.82) is 0 Å². The highest BCUT2D eigenvalue weighted by atomic mass is 32.2. The van der Waals surface area contributed by atoms with Gasteiger partial charge in [-0.25, -0.2) is 17.7 Å². The molecule has 1 heterocycles. The van der Waals surface area contributed by atoms with Crippen LogP contribution in [0.2, 0.25) is 0 Å². The summed E-state index contributed by atoms with van der Waals surface area (Å²) in [6, 6.07) is 4.74. The predicted octanol–water partition coefficient (Wildman–Crippen LogP) is 2.13. The highest BCUT2D eigenvalue weighted by Gasteiger charge is 2.18. The number of hydrogen-bond donors (Lipinski definition) is 1. The molecule has 0 fully saturated rings. The summed E-state index contributed by atoms with van der Waals surface area (Å²) in [7, 11) is -0.467. The van der Waals surface area contributed by atoms with Crippen LogP contribution in [0.25, 0.3) is 0 Å². The fraction of sp³-hybridized carbons (Fsp3) is 0.182. The second-order valence-electron chi connectivity index (χ2n) is 3.89. The van der Waals surface area contributed by atoms with Crippen LogP contribution in [0.5, 0.6) is 0 Å². The normalized spacial score (nSPS) is 11.9. The lowest BCUT2D eigenvalue weighted by Gasteiger charge is -2.12. The largest absolute Gasteiger partial charge is 0.398 e. The minimum absolute atomic E-state index is 0.193. The van der Waals surface area contributed by atoms with E-state index >= 15 is 0 Å². The van der Waals surface area contributed by atoms with Gasteiger partial charge in [-0.15, -0.1) is 11.3 Å². The van der Waals surface area contributed by atoms with Gasteiger partial charge >= 0.3 is 0 Å². The van der Waals surface area contributed by atoms with Gasteiger partial charge < -0.3 is 5.73 Å². The van der Waals surface area contributed by atoms with Crippen molar-refractivity contribution in [1.82, 2.24) is 9.29 Å². The van der Waals surface area contributed by atoms with Gasteiger partial charge in [0.2, 0.25) is 10.0 Å². The zero-order valence-corrected chi connectivity index (χ0v) is 12.8. The molecular weight excluding hydrogens is 302 g/mol. The Morgan fingerprint density at radius 2 is 2.11 bits per heavy atom. The molecule has 8 heteroatoms. The Morgan fingerprint density at radius 1 is 1.37 bits per heavy atom. The number of sulfonamides is 1. The highest BCUT2D eigenvalue weighted by Crippen LogP contribution is 2.34. The second kappa shape index (κ2) is 5.49. The molecule has 0 aliphatic carbocycles. The lowest BCUT2D eigenvalue weighted by Crippen LogP contribution is -2.22. The van der Waals surface area contributed by atoms with E-state index in [0.29, 0.717) is 5.69 Å². The van der Waals surface area contributed by atoms with Gasteiger partial charge in [-0.3, -0.25) is 0 Å². The number of nitrogen functional groups attached to an aromatic ring is 1. The lowest BCUT2D eigenvalue weighted by molar-refractivity contribution is 0.520. The van der Waals surface area contributed by atoms with E-state index in [1.165, 1.54) is 43.3 Å². The van der Waals surface area contributed by atoms with Gasteiger partial charge in [-0.05, 0) is 18.2 Å². The Kier molecular flexibility index (Phi) is 4.14. The van der Waals surface area contributed by atoms with E-state index in [1.807, 2.05) is 5.38 Å². The highest BCUT2D eigenvalue weighted by molar-refractivity contribution is 8.01. The fourth-order valence-electron chi connectivity index (χ4n) is 1.35. The third-order valence-corrected chi connectivity index (χ3v) is 6.15. The predicted molar refractivity (Wildman–Crippen MR) is 78.0 cm³/mol. The average Bonchev–Trinajstić information content (AvgIpc) is 2.84. The summed E-state index contributed by atoms with van der Waals surface area (Å²) in [6.45, 7) is 0. The Bertz CT molecular complexity index is 666. The van der Waals surface area contributed by atoms with E-state index < -0.39 is 10.0 Å². The molecule has 0 bridgehead atoms. The van der Waals surface area contributed by atoms with Crippen LogP contribution in [0.1, 0.15) is 0 Å². The molecule has 2 rings (SSSR count). The Balaban J connectivity index is 2.32. The number of hydrogen-bond acceptors (Lipinski definition) is 6. The van der Waals surface area contributed by atoms with Crippen molar-refractivity contribution in [3.63, 3.8) is 0 Å². The fourth-order valence-corrected chi connectivity index (χ4v) is 3.89. The molecule has 0 radical (unpaired) electrons. The first kappa shape index (κ1) is 14.3. The smallest absolute Gasteiger partial charge is 0.242 e. The summed E-state index contributed by atoms with van der Waals surface area (Å²) in [4.78, 5) is 5.14. The quantitative estimate of drug-likeness (QED) is 0.875. The second-order valence-corrected chi connectivity index (χ2v) is 8.22. The topological polar surface area (TPSA) is 76.3 Å². The zero-order valence-electron chi connectivity index (χ0n) is 10.4. The summed E-state index contributed by atoms with van der Waals surface area (Å²) in [5.74, 6) is 0. The molecule has 2 aromatic rings. The Morgan fingerprint density at radius 3 is 2.63 bits per heavy atom. The molecule has 0 aliphatic rings. The van der Waals surface area contributed by atoms with Crippen molar-refractivity contribution in [3.05, 3.63) is 29.8 Å². The molecule has 1 aromatic carbocycles. The van der Waals surface area contributed by atoms with Crippen molar-refractivity contribution < 1.29 is 8.42 Å². The number of rotatable bonds is 4. The molecule has 5 nitrogen and oxygen atoms in total. The van der Waals surface area contributed by atoms with Gasteiger partial charge in [-0.2, -0.15) is 0 Å². The molecule has 0 saturated carbocycles. The van der Waals surface area contributed by atoms with Crippen LogP contribution in [-0.4, -0.2) is 31.8 Å². The number of thiazole rings is 1. The molecule has 0 saturated heterocycles. The lowest BCUT2D eigenvalue weighted by atomic mass is 10.3. The van der Waals surface area contributed by atoms with Gasteiger partial charge in [0.15, 0.2) is 4.34 Å². The summed E-state index contributed by atoms with van der Waals surface area (Å²) < 4.78 is 26.0. The van der Waals surface area contributed by atoms with Crippen LogP contribution in [0.3, 0.4) is 0 Å². The molecule has 0 unspecified atom stereocenters. The minimum atomic E-state index is -3.45. The van der Waals surface area contributed by atoms with Gasteiger partial charge in [0.1, 0.15) is 0 Å². The average molecular weight is 315 g/mol. The molecule has 19 heavy (non-hydrogen) atoms. The van der Waals surface area contributed by atoms with E-state index in [9.17, 15) is 8.42 Å². The summed E-state index contributed by atoms with van der Waals surface area (Å²) in [5.41, 5.74) is 6.34. The van der Waals surface area contributed by atoms with Crippen LogP contribution in [0, 0.1) is 0 Å². The molecule has 0 aliphatic heterocycles. The van der Waals surface area contributed by atoms with E-state index in [-0.39, 0.29) is 4.90 Å². The van der Waals surface area contributed by atoms with Crippen molar-refractivity contribution >= 4 is 38.8 Å². The number of benzene rings is 1. The Hall–Kier alpha value is -1.09. The first-order valence-corrected chi connectivity index (χ1v) is 8.44. The van der Waals surface area contributed by atoms with Gasteiger partial charge in [0.25, 0.3) is 0 Å². The van der Waals surface area contributed by atoms with Crippen molar-refractivity contribution in [3.8, 4) is 0 Å². The summed E-state index contributed by atoms with van der Waals surface area (Å²) >= 11 is 2.93. The standard InChI is InChI=1S/C11H13N3O2S3/c1-14(2)19(15,16)8-3-4-10(9(12)7-8)18-11-13-5-6-17-11/h3-7H,12H2,1-2H3. The van der Waals surface area contributed by atoms with E-state index in [4.69, 9.17) is 5.73 Å². The number of anilines is 1. The van der Waals surface area contributed by atoms with Crippen LogP contribution >= 0.6 is 23.1 Å². The SMILES string of the molecule is CN(C)S(=O)(=O)c1ccc(Sc2nccs2)c(N)c1. The Labute approximate surface area is 120 Å². The first-order valence-electron chi connectivity index (χ1n) is 5.30. The number of nitrogens with zero attached hydrogens (tertiary/aromatic N) is 2. The van der Waals surface area contributed by atoms with Crippen LogP contribution in [-0.2, 0) is 10.0 Å². The van der Waals surface area contributed by atoms with E-state index in [1.54, 1.807) is 18.3 Å². The molecular formula is C11H13N3O2S3. The van der Waals surface area contributed by atoms with Crippen molar-refractivity contribution in [2.24, 2.45) is 0 Å². The molecule has 0 atom stereocenters. The number of aromatic nitrogens is 1. The molecule has 1 aromatic heterocycles. The van der Waals surface area contributed by atoms with Gasteiger partial charge in [0.05, 0.1) is 4.90 Å². The van der Waals surface area contributed by atoms with Crippen molar-refractivity contribution in [2.45, 2.75) is 14.1 Å².